The molecule has 0 aliphatic heterocycles. The molecule has 6 nitrogen and oxygen atoms in total. The molecule has 0 spiro atoms. The molecule has 3 aromatic rings. The van der Waals surface area contributed by atoms with E-state index in [9.17, 15) is 0 Å². The largest absolute Gasteiger partial charge is 0.497 e. The first-order chi connectivity index (χ1) is 19.0. The Morgan fingerprint density at radius 2 is 1.18 bits per heavy atom. The van der Waals surface area contributed by atoms with E-state index in [1.165, 1.54) is 38.9 Å². The van der Waals surface area contributed by atoms with Crippen molar-refractivity contribution in [1.82, 2.24) is 0 Å². The number of rotatable bonds is 16. The van der Waals surface area contributed by atoms with Crippen LogP contribution in [0.2, 0.25) is 0 Å². The van der Waals surface area contributed by atoms with E-state index in [1.54, 1.807) is 7.11 Å². The second kappa shape index (κ2) is 15.6. The van der Waals surface area contributed by atoms with Crippen LogP contribution >= 0.6 is 0 Å². The molecule has 0 radical (unpaired) electrons. The summed E-state index contributed by atoms with van der Waals surface area (Å²) in [4.78, 5) is 0. The lowest BCUT2D eigenvalue weighted by atomic mass is 9.87. The monoisotopic (exact) mass is 532 g/mol. The molecule has 0 saturated heterocycles. The standard InChI is InChI=1S/C33H48N4O2/c1-4-6-17-39-33-27(11-15-36)19-29(20-28(33)12-16-37)31-8-7-24(18-23(31)5-2)32-25(9-13-34)21-30(38-3)22-26(32)10-14-35/h7-8,18-22H,4-6,9-17,34-37H2,1-3H3. The van der Waals surface area contributed by atoms with Gasteiger partial charge in [0.1, 0.15) is 11.5 Å². The molecule has 0 aliphatic rings. The molecule has 0 aliphatic carbocycles. The van der Waals surface area contributed by atoms with Crippen LogP contribution < -0.4 is 32.4 Å². The van der Waals surface area contributed by atoms with Gasteiger partial charge in [0.25, 0.3) is 0 Å². The van der Waals surface area contributed by atoms with Crippen molar-refractivity contribution in [3.63, 3.8) is 0 Å². The first kappa shape index (κ1) is 30.6. The van der Waals surface area contributed by atoms with Crippen LogP contribution in [0.15, 0.2) is 42.5 Å². The Kier molecular flexibility index (Phi) is 12.3. The van der Waals surface area contributed by atoms with Gasteiger partial charge in [-0.25, -0.2) is 0 Å². The van der Waals surface area contributed by atoms with Crippen molar-refractivity contribution in [1.29, 1.82) is 0 Å². The van der Waals surface area contributed by atoms with Crippen molar-refractivity contribution in [3.8, 4) is 33.8 Å². The van der Waals surface area contributed by atoms with Crippen LogP contribution in [-0.4, -0.2) is 39.9 Å². The number of unbranched alkanes of at least 4 members (excludes halogenated alkanes) is 1. The van der Waals surface area contributed by atoms with E-state index < -0.39 is 0 Å². The van der Waals surface area contributed by atoms with Gasteiger partial charge in [-0.2, -0.15) is 0 Å². The van der Waals surface area contributed by atoms with E-state index in [0.717, 1.165) is 67.6 Å². The van der Waals surface area contributed by atoms with Gasteiger partial charge < -0.3 is 32.4 Å². The van der Waals surface area contributed by atoms with Crippen molar-refractivity contribution in [2.45, 2.75) is 58.8 Å². The fourth-order valence-corrected chi connectivity index (χ4v) is 5.35. The first-order valence-electron chi connectivity index (χ1n) is 14.5. The van der Waals surface area contributed by atoms with Gasteiger partial charge in [-0.15, -0.1) is 0 Å². The molecule has 8 N–H and O–H groups in total. The molecular formula is C33H48N4O2. The molecule has 39 heavy (non-hydrogen) atoms. The van der Waals surface area contributed by atoms with Crippen LogP contribution in [0.4, 0.5) is 0 Å². The molecule has 0 bridgehead atoms. The molecule has 0 amide bonds. The highest BCUT2D eigenvalue weighted by molar-refractivity contribution is 5.79. The van der Waals surface area contributed by atoms with Gasteiger partial charge in [0, 0.05) is 0 Å². The fourth-order valence-electron chi connectivity index (χ4n) is 5.35. The highest BCUT2D eigenvalue weighted by Gasteiger charge is 2.18. The Morgan fingerprint density at radius 3 is 1.67 bits per heavy atom. The molecular weight excluding hydrogens is 484 g/mol. The van der Waals surface area contributed by atoms with E-state index in [-0.39, 0.29) is 0 Å². The summed E-state index contributed by atoms with van der Waals surface area (Å²) in [6.45, 7) is 7.37. The predicted molar refractivity (Wildman–Crippen MR) is 165 cm³/mol. The van der Waals surface area contributed by atoms with Crippen molar-refractivity contribution in [2.24, 2.45) is 22.9 Å². The van der Waals surface area contributed by atoms with Crippen LogP contribution in [0, 0.1) is 0 Å². The van der Waals surface area contributed by atoms with Crippen LogP contribution in [0.25, 0.3) is 22.3 Å². The third-order valence-corrected chi connectivity index (χ3v) is 7.24. The van der Waals surface area contributed by atoms with Gasteiger partial charge in [-0.3, -0.25) is 0 Å². The van der Waals surface area contributed by atoms with Gasteiger partial charge in [0.15, 0.2) is 0 Å². The lowest BCUT2D eigenvalue weighted by Crippen LogP contribution is -2.11. The maximum absolute atomic E-state index is 6.29. The van der Waals surface area contributed by atoms with Crippen molar-refractivity contribution < 1.29 is 9.47 Å². The Labute approximate surface area is 235 Å². The summed E-state index contributed by atoms with van der Waals surface area (Å²) < 4.78 is 11.9. The average Bonchev–Trinajstić information content (AvgIpc) is 2.94. The Bertz CT molecular complexity index is 1150. The maximum Gasteiger partial charge on any atom is 0.125 e. The molecule has 0 saturated carbocycles. The minimum atomic E-state index is 0.570. The molecule has 0 unspecified atom stereocenters. The summed E-state index contributed by atoms with van der Waals surface area (Å²) in [5.74, 6) is 1.81. The molecule has 0 aromatic heterocycles. The smallest absolute Gasteiger partial charge is 0.125 e. The molecule has 0 heterocycles. The van der Waals surface area contributed by atoms with E-state index in [2.05, 4.69) is 56.3 Å². The third-order valence-electron chi connectivity index (χ3n) is 7.24. The summed E-state index contributed by atoms with van der Waals surface area (Å²) in [7, 11) is 1.70. The highest BCUT2D eigenvalue weighted by Crippen LogP contribution is 2.38. The number of aryl methyl sites for hydroxylation is 1. The van der Waals surface area contributed by atoms with E-state index >= 15 is 0 Å². The maximum atomic E-state index is 6.29. The first-order valence-corrected chi connectivity index (χ1v) is 14.5. The zero-order chi connectivity index (χ0) is 28.2. The third kappa shape index (κ3) is 7.61. The van der Waals surface area contributed by atoms with Gasteiger partial charge in [0.2, 0.25) is 0 Å². The highest BCUT2D eigenvalue weighted by atomic mass is 16.5. The van der Waals surface area contributed by atoms with Crippen LogP contribution in [0.5, 0.6) is 11.5 Å². The van der Waals surface area contributed by atoms with Gasteiger partial charge in [-0.1, -0.05) is 38.5 Å². The Morgan fingerprint density at radius 1 is 0.641 bits per heavy atom. The van der Waals surface area contributed by atoms with Gasteiger partial charge in [0.05, 0.1) is 13.7 Å². The number of ether oxygens (including phenoxy) is 2. The Balaban J connectivity index is 2.16. The second-order valence-electron chi connectivity index (χ2n) is 10.0. The molecule has 0 fully saturated rings. The summed E-state index contributed by atoms with van der Waals surface area (Å²) >= 11 is 0. The quantitative estimate of drug-likeness (QED) is 0.197. The van der Waals surface area contributed by atoms with Crippen molar-refractivity contribution in [2.75, 3.05) is 39.9 Å². The van der Waals surface area contributed by atoms with E-state index in [1.807, 2.05) is 0 Å². The molecule has 6 heteroatoms. The van der Waals surface area contributed by atoms with E-state index in [0.29, 0.717) is 32.8 Å². The molecule has 0 atom stereocenters. The summed E-state index contributed by atoms with van der Waals surface area (Å²) in [6.07, 6.45) is 6.11. The summed E-state index contributed by atoms with van der Waals surface area (Å²) in [5, 5.41) is 0. The zero-order valence-electron chi connectivity index (χ0n) is 24.2. The predicted octanol–water partition coefficient (Wildman–Crippen LogP) is 4.78. The van der Waals surface area contributed by atoms with Crippen LogP contribution in [-0.2, 0) is 32.1 Å². The van der Waals surface area contributed by atoms with Crippen LogP contribution in [0.1, 0.15) is 54.5 Å². The Hall–Kier alpha value is -2.90. The van der Waals surface area contributed by atoms with Gasteiger partial charge >= 0.3 is 0 Å². The fraction of sp³-hybridized carbons (Fsp3) is 0.455. The molecule has 3 aromatic carbocycles. The number of nitrogens with two attached hydrogens (primary N) is 4. The van der Waals surface area contributed by atoms with Crippen molar-refractivity contribution >= 4 is 0 Å². The number of hydrogen-bond donors (Lipinski definition) is 4. The zero-order valence-corrected chi connectivity index (χ0v) is 24.2. The van der Waals surface area contributed by atoms with Gasteiger partial charge in [-0.05, 0) is 139 Å². The minimum absolute atomic E-state index is 0.570. The van der Waals surface area contributed by atoms with Crippen LogP contribution in [0.3, 0.4) is 0 Å². The second-order valence-corrected chi connectivity index (χ2v) is 10.0. The lowest BCUT2D eigenvalue weighted by Gasteiger charge is -2.21. The average molecular weight is 533 g/mol. The topological polar surface area (TPSA) is 123 Å². The number of methoxy groups -OCH3 is 1. The molecule has 212 valence electrons. The molecule has 3 rings (SSSR count). The summed E-state index contributed by atoms with van der Waals surface area (Å²) in [5.41, 5.74) is 34.9. The SMILES string of the molecule is CCCCOc1c(CCN)cc(-c2ccc(-c3c(CCN)cc(OC)cc3CCN)cc2CC)cc1CCN. The lowest BCUT2D eigenvalue weighted by molar-refractivity contribution is 0.303. The number of hydrogen-bond acceptors (Lipinski definition) is 6. The number of benzene rings is 3. The van der Waals surface area contributed by atoms with E-state index in [4.69, 9.17) is 32.4 Å². The summed E-state index contributed by atoms with van der Waals surface area (Å²) in [6, 6.07) is 15.5. The van der Waals surface area contributed by atoms with Crippen molar-refractivity contribution in [3.05, 3.63) is 70.3 Å². The normalized spacial score (nSPS) is 11.2. The minimum Gasteiger partial charge on any atom is -0.497 e.